The first kappa shape index (κ1) is 12.6. The first-order valence-corrected chi connectivity index (χ1v) is 8.49. The van der Waals surface area contributed by atoms with E-state index in [4.69, 9.17) is 0 Å². The largest absolute Gasteiger partial charge is 0.354 e. The van der Waals surface area contributed by atoms with Crippen molar-refractivity contribution < 1.29 is 0 Å². The Kier molecular flexibility index (Phi) is 3.02. The molecule has 0 saturated heterocycles. The Morgan fingerprint density at radius 3 is 2.29 bits per heavy atom. The summed E-state index contributed by atoms with van der Waals surface area (Å²) in [6.07, 6.45) is 0. The molecule has 1 aliphatic heterocycles. The molecular formula is C19H16NP. The van der Waals surface area contributed by atoms with Crippen LogP contribution in [0.3, 0.4) is 0 Å². The topological polar surface area (TPSA) is 12.0 Å². The fourth-order valence-corrected chi connectivity index (χ4v) is 5.43. The standard InChI is InChI=1S/C19H16NP/c1-14-11-12-17-19(13-14)21(15-7-3-2-4-8-15)18-10-6-5-9-16(18)20-17/h2-13,20H,1H3. The maximum absolute atomic E-state index is 3.58. The summed E-state index contributed by atoms with van der Waals surface area (Å²) >= 11 is 0. The van der Waals surface area contributed by atoms with Crippen molar-refractivity contribution >= 4 is 35.2 Å². The van der Waals surface area contributed by atoms with E-state index in [1.165, 1.54) is 32.9 Å². The highest BCUT2D eigenvalue weighted by Gasteiger charge is 2.26. The highest BCUT2D eigenvalue weighted by Crippen LogP contribution is 2.42. The van der Waals surface area contributed by atoms with Gasteiger partial charge < -0.3 is 5.32 Å². The predicted molar refractivity (Wildman–Crippen MR) is 93.2 cm³/mol. The number of nitrogens with one attached hydrogen (secondary N) is 1. The van der Waals surface area contributed by atoms with Gasteiger partial charge in [-0.25, -0.2) is 0 Å². The summed E-state index contributed by atoms with van der Waals surface area (Å²) in [7, 11) is -0.477. The van der Waals surface area contributed by atoms with E-state index in [1.807, 2.05) is 0 Å². The monoisotopic (exact) mass is 289 g/mol. The molecule has 0 bridgehead atoms. The zero-order valence-electron chi connectivity index (χ0n) is 11.9. The van der Waals surface area contributed by atoms with Gasteiger partial charge in [-0.15, -0.1) is 0 Å². The van der Waals surface area contributed by atoms with E-state index in [2.05, 4.69) is 85.0 Å². The van der Waals surface area contributed by atoms with E-state index in [-0.39, 0.29) is 0 Å². The molecule has 0 radical (unpaired) electrons. The highest BCUT2D eigenvalue weighted by molar-refractivity contribution is 7.80. The van der Waals surface area contributed by atoms with Gasteiger partial charge in [0.15, 0.2) is 0 Å². The number of aryl methyl sites for hydroxylation is 1. The average Bonchev–Trinajstić information content (AvgIpc) is 2.53. The van der Waals surface area contributed by atoms with Gasteiger partial charge in [0.05, 0.1) is 0 Å². The Labute approximate surface area is 126 Å². The number of hydrogen-bond acceptors (Lipinski definition) is 1. The van der Waals surface area contributed by atoms with Crippen LogP contribution in [0.25, 0.3) is 0 Å². The maximum Gasteiger partial charge on any atom is 0.0469 e. The zero-order chi connectivity index (χ0) is 14.2. The molecule has 4 rings (SSSR count). The van der Waals surface area contributed by atoms with Crippen LogP contribution in [0.1, 0.15) is 5.56 Å². The molecule has 0 amide bonds. The van der Waals surface area contributed by atoms with Crippen molar-refractivity contribution in [2.75, 3.05) is 5.32 Å². The molecule has 1 aliphatic rings. The van der Waals surface area contributed by atoms with Crippen LogP contribution in [0.2, 0.25) is 0 Å². The Balaban J connectivity index is 1.98. The maximum atomic E-state index is 3.58. The molecule has 0 aliphatic carbocycles. The summed E-state index contributed by atoms with van der Waals surface area (Å²) in [4.78, 5) is 0. The second-order valence-electron chi connectivity index (χ2n) is 5.33. The van der Waals surface area contributed by atoms with Crippen LogP contribution in [-0.2, 0) is 0 Å². The zero-order valence-corrected chi connectivity index (χ0v) is 12.8. The van der Waals surface area contributed by atoms with Crippen molar-refractivity contribution in [2.24, 2.45) is 0 Å². The molecule has 102 valence electrons. The van der Waals surface area contributed by atoms with Crippen LogP contribution in [0, 0.1) is 6.92 Å². The molecule has 1 atom stereocenters. The van der Waals surface area contributed by atoms with Gasteiger partial charge in [0, 0.05) is 22.0 Å². The number of hydrogen-bond donors (Lipinski definition) is 1. The van der Waals surface area contributed by atoms with Gasteiger partial charge in [-0.1, -0.05) is 60.2 Å². The highest BCUT2D eigenvalue weighted by atomic mass is 31.1. The van der Waals surface area contributed by atoms with Crippen LogP contribution < -0.4 is 21.2 Å². The number of rotatable bonds is 1. The summed E-state index contributed by atoms with van der Waals surface area (Å²) in [5, 5.41) is 7.83. The Morgan fingerprint density at radius 2 is 1.43 bits per heavy atom. The Morgan fingerprint density at radius 1 is 0.714 bits per heavy atom. The lowest BCUT2D eigenvalue weighted by Gasteiger charge is -2.30. The lowest BCUT2D eigenvalue weighted by Crippen LogP contribution is -2.29. The smallest absolute Gasteiger partial charge is 0.0469 e. The minimum Gasteiger partial charge on any atom is -0.354 e. The quantitative estimate of drug-likeness (QED) is 0.525. The summed E-state index contributed by atoms with van der Waals surface area (Å²) in [6, 6.07) is 26.2. The van der Waals surface area contributed by atoms with Gasteiger partial charge >= 0.3 is 0 Å². The Bertz CT molecular complexity index is 796. The lowest BCUT2D eigenvalue weighted by molar-refractivity contribution is 1.47. The normalized spacial score (nSPS) is 15.8. The minimum absolute atomic E-state index is 0.477. The fourth-order valence-electron chi connectivity index (χ4n) is 2.84. The van der Waals surface area contributed by atoms with Gasteiger partial charge in [0.2, 0.25) is 0 Å². The third kappa shape index (κ3) is 2.14. The first-order chi connectivity index (χ1) is 10.3. The van der Waals surface area contributed by atoms with Crippen molar-refractivity contribution in [2.45, 2.75) is 6.92 Å². The van der Waals surface area contributed by atoms with Crippen molar-refractivity contribution in [1.82, 2.24) is 0 Å². The molecular weight excluding hydrogens is 273 g/mol. The number of benzene rings is 3. The number of para-hydroxylation sites is 1. The molecule has 1 unspecified atom stereocenters. The minimum atomic E-state index is -0.477. The van der Waals surface area contributed by atoms with Gasteiger partial charge in [-0.3, -0.25) is 0 Å². The van der Waals surface area contributed by atoms with Gasteiger partial charge in [-0.05, 0) is 38.3 Å². The van der Waals surface area contributed by atoms with Crippen LogP contribution in [0.15, 0.2) is 72.8 Å². The van der Waals surface area contributed by atoms with Gasteiger partial charge in [0.1, 0.15) is 0 Å². The molecule has 0 spiro atoms. The van der Waals surface area contributed by atoms with E-state index in [0.717, 1.165) is 0 Å². The van der Waals surface area contributed by atoms with Crippen LogP contribution >= 0.6 is 7.92 Å². The molecule has 1 N–H and O–H groups in total. The molecule has 21 heavy (non-hydrogen) atoms. The van der Waals surface area contributed by atoms with Crippen molar-refractivity contribution in [3.05, 3.63) is 78.4 Å². The van der Waals surface area contributed by atoms with Crippen molar-refractivity contribution in [3.8, 4) is 0 Å². The average molecular weight is 289 g/mol. The SMILES string of the molecule is Cc1ccc2c(c1)P(c1ccccc1)c1ccccc1N2. The van der Waals surface area contributed by atoms with E-state index < -0.39 is 7.92 Å². The van der Waals surface area contributed by atoms with E-state index in [9.17, 15) is 0 Å². The number of fused-ring (bicyclic) bond motifs is 2. The molecule has 3 aromatic carbocycles. The summed E-state index contributed by atoms with van der Waals surface area (Å²) in [6.45, 7) is 2.17. The second kappa shape index (κ2) is 5.02. The molecule has 2 heteroatoms. The van der Waals surface area contributed by atoms with E-state index >= 15 is 0 Å². The first-order valence-electron chi connectivity index (χ1n) is 7.15. The molecule has 1 nitrogen and oxygen atoms in total. The number of anilines is 2. The van der Waals surface area contributed by atoms with E-state index in [1.54, 1.807) is 0 Å². The van der Waals surface area contributed by atoms with Crippen molar-refractivity contribution in [1.29, 1.82) is 0 Å². The third-order valence-electron chi connectivity index (χ3n) is 3.82. The fraction of sp³-hybridized carbons (Fsp3) is 0.0526. The molecule has 1 heterocycles. The molecule has 0 fully saturated rings. The van der Waals surface area contributed by atoms with Crippen LogP contribution in [0.5, 0.6) is 0 Å². The third-order valence-corrected chi connectivity index (χ3v) is 6.36. The Hall–Kier alpha value is -2.11. The summed E-state index contributed by atoms with van der Waals surface area (Å²) in [5.74, 6) is 0. The molecule has 0 saturated carbocycles. The van der Waals surface area contributed by atoms with Crippen molar-refractivity contribution in [3.63, 3.8) is 0 Å². The van der Waals surface area contributed by atoms with Gasteiger partial charge in [-0.2, -0.15) is 0 Å². The summed E-state index contributed by atoms with van der Waals surface area (Å²) in [5.41, 5.74) is 3.80. The van der Waals surface area contributed by atoms with E-state index in [0.29, 0.717) is 0 Å². The van der Waals surface area contributed by atoms with Crippen LogP contribution in [-0.4, -0.2) is 0 Å². The summed E-state index contributed by atoms with van der Waals surface area (Å²) < 4.78 is 0. The van der Waals surface area contributed by atoms with Gasteiger partial charge in [0.25, 0.3) is 0 Å². The van der Waals surface area contributed by atoms with Crippen LogP contribution in [0.4, 0.5) is 11.4 Å². The molecule has 3 aromatic rings. The predicted octanol–water partition coefficient (Wildman–Crippen LogP) is 3.81. The second-order valence-corrected chi connectivity index (χ2v) is 7.48. The molecule has 0 aromatic heterocycles. The lowest BCUT2D eigenvalue weighted by atomic mass is 10.2.